The molecule has 34 heavy (non-hydrogen) atoms. The van der Waals surface area contributed by atoms with Crippen molar-refractivity contribution in [2.45, 2.75) is 18.9 Å². The van der Waals surface area contributed by atoms with Crippen molar-refractivity contribution in [3.63, 3.8) is 0 Å². The molecule has 1 aromatic heterocycles. The molecule has 0 saturated carbocycles. The van der Waals surface area contributed by atoms with Crippen LogP contribution in [0.25, 0.3) is 0 Å². The first-order valence-corrected chi connectivity index (χ1v) is 11.4. The molecule has 178 valence electrons. The molecule has 11 nitrogen and oxygen atoms in total. The quantitative estimate of drug-likeness (QED) is 0.616. The molecule has 1 aromatic carbocycles. The Balaban J connectivity index is 1.39. The Kier molecular flexibility index (Phi) is 6.37. The summed E-state index contributed by atoms with van der Waals surface area (Å²) in [5, 5.41) is 13.3. The number of rotatable bonds is 7. The average molecular weight is 466 g/mol. The average Bonchev–Trinajstić information content (AvgIpc) is 3.55. The number of nitrogens with one attached hydrogen (secondary N) is 1. The number of ether oxygens (including phenoxy) is 2. The van der Waals surface area contributed by atoms with Crippen molar-refractivity contribution < 1.29 is 19.4 Å². The summed E-state index contributed by atoms with van der Waals surface area (Å²) in [7, 11) is 1.54. The lowest BCUT2D eigenvalue weighted by atomic mass is 10.1. The fraction of sp³-hybridized carbons (Fsp3) is 0.435. The molecule has 1 atom stereocenters. The molecule has 4 heterocycles. The Morgan fingerprint density at radius 2 is 2.00 bits per heavy atom. The van der Waals surface area contributed by atoms with Crippen molar-refractivity contribution in [2.75, 3.05) is 46.4 Å². The van der Waals surface area contributed by atoms with Gasteiger partial charge in [-0.05, 0) is 38.1 Å². The van der Waals surface area contributed by atoms with E-state index in [-0.39, 0.29) is 12.5 Å². The normalized spacial score (nSPS) is 18.0. The van der Waals surface area contributed by atoms with Gasteiger partial charge in [0.25, 0.3) is 5.91 Å². The van der Waals surface area contributed by atoms with E-state index in [4.69, 9.17) is 14.5 Å². The Morgan fingerprint density at radius 3 is 2.76 bits per heavy atom. The molecule has 2 aromatic rings. The number of aliphatic hydroxyl groups excluding tert-OH is 1. The zero-order chi connectivity index (χ0) is 23.5. The van der Waals surface area contributed by atoms with E-state index in [2.05, 4.69) is 25.2 Å². The second-order valence-electron chi connectivity index (χ2n) is 8.34. The van der Waals surface area contributed by atoms with Crippen LogP contribution in [0.2, 0.25) is 0 Å². The van der Waals surface area contributed by atoms with Gasteiger partial charge in [-0.25, -0.2) is 15.0 Å². The van der Waals surface area contributed by atoms with Gasteiger partial charge in [0.15, 0.2) is 11.5 Å². The number of fused-ring (bicyclic) bond motifs is 3. The molecular formula is C23H27N7O4. The Labute approximate surface area is 197 Å². The van der Waals surface area contributed by atoms with Crippen molar-refractivity contribution in [3.05, 3.63) is 42.0 Å². The van der Waals surface area contributed by atoms with E-state index in [0.717, 1.165) is 18.7 Å². The van der Waals surface area contributed by atoms with Gasteiger partial charge in [-0.1, -0.05) is 0 Å². The molecule has 5 rings (SSSR count). The van der Waals surface area contributed by atoms with E-state index in [1.807, 2.05) is 11.0 Å². The molecule has 0 spiro atoms. The lowest BCUT2D eigenvalue weighted by Crippen LogP contribution is -2.47. The van der Waals surface area contributed by atoms with Crippen LogP contribution in [0.15, 0.2) is 40.8 Å². The Morgan fingerprint density at radius 1 is 1.21 bits per heavy atom. The molecule has 1 amide bonds. The molecule has 11 heteroatoms. The van der Waals surface area contributed by atoms with Crippen LogP contribution < -0.4 is 14.8 Å². The van der Waals surface area contributed by atoms with Crippen LogP contribution in [-0.2, 0) is 0 Å². The number of aromatic nitrogens is 2. The first-order valence-electron chi connectivity index (χ1n) is 11.4. The molecule has 0 aliphatic carbocycles. The highest BCUT2D eigenvalue weighted by atomic mass is 16.5. The highest BCUT2D eigenvalue weighted by Crippen LogP contribution is 2.43. The third kappa shape index (κ3) is 4.44. The van der Waals surface area contributed by atoms with Gasteiger partial charge < -0.3 is 19.5 Å². The first-order chi connectivity index (χ1) is 16.6. The number of hydrogen-bond donors (Lipinski definition) is 2. The predicted molar refractivity (Wildman–Crippen MR) is 125 cm³/mol. The molecule has 0 radical (unpaired) electrons. The minimum atomic E-state index is -0.611. The van der Waals surface area contributed by atoms with Crippen LogP contribution in [0, 0.1) is 0 Å². The highest BCUT2D eigenvalue weighted by molar-refractivity contribution is 6.20. The number of carbonyl (C=O) groups excluding carboxylic acids is 1. The minimum Gasteiger partial charge on any atom is -0.491 e. The second-order valence-corrected chi connectivity index (χ2v) is 8.34. The summed E-state index contributed by atoms with van der Waals surface area (Å²) >= 11 is 0. The topological polar surface area (TPSA) is 125 Å². The number of carbonyl (C=O) groups is 1. The van der Waals surface area contributed by atoms with Gasteiger partial charge in [0.1, 0.15) is 30.6 Å². The number of β-amino-alcohol motifs (C(OH)–C–C–N with tert-alkyl or cyclic N) is 1. The SMILES string of the molecule is COc1c(OC[C@H](O)CN2CCCC2)ccc2c1N=C(NC(=O)c1cncnc1)N1CCN=C21. The highest BCUT2D eigenvalue weighted by Gasteiger charge is 2.33. The monoisotopic (exact) mass is 465 g/mol. The molecule has 3 aliphatic heterocycles. The molecule has 3 aliphatic rings. The zero-order valence-corrected chi connectivity index (χ0v) is 19.0. The van der Waals surface area contributed by atoms with Gasteiger partial charge in [-0.3, -0.25) is 20.0 Å². The summed E-state index contributed by atoms with van der Waals surface area (Å²) in [6, 6.07) is 3.68. The third-order valence-corrected chi connectivity index (χ3v) is 6.00. The summed E-state index contributed by atoms with van der Waals surface area (Å²) in [4.78, 5) is 33.9. The van der Waals surface area contributed by atoms with E-state index in [0.29, 0.717) is 54.2 Å². The van der Waals surface area contributed by atoms with Gasteiger partial charge in [-0.15, -0.1) is 0 Å². The Bertz CT molecular complexity index is 1120. The van der Waals surface area contributed by atoms with Crippen LogP contribution in [-0.4, -0.2) is 95.1 Å². The van der Waals surface area contributed by atoms with E-state index >= 15 is 0 Å². The number of nitrogens with zero attached hydrogens (tertiary/aromatic N) is 6. The van der Waals surface area contributed by atoms with Gasteiger partial charge in [-0.2, -0.15) is 0 Å². The number of guanidine groups is 1. The van der Waals surface area contributed by atoms with Crippen molar-refractivity contribution in [1.82, 2.24) is 25.1 Å². The maximum Gasteiger partial charge on any atom is 0.261 e. The fourth-order valence-electron chi connectivity index (χ4n) is 4.39. The fourth-order valence-corrected chi connectivity index (χ4v) is 4.39. The van der Waals surface area contributed by atoms with Crippen molar-refractivity contribution >= 4 is 23.4 Å². The van der Waals surface area contributed by atoms with E-state index in [9.17, 15) is 9.90 Å². The second kappa shape index (κ2) is 9.74. The summed E-state index contributed by atoms with van der Waals surface area (Å²) < 4.78 is 11.6. The molecule has 1 saturated heterocycles. The number of amides is 1. The zero-order valence-electron chi connectivity index (χ0n) is 19.0. The smallest absolute Gasteiger partial charge is 0.261 e. The number of benzene rings is 1. The third-order valence-electron chi connectivity index (χ3n) is 6.00. The molecular weight excluding hydrogens is 438 g/mol. The number of amidine groups is 1. The van der Waals surface area contributed by atoms with Crippen LogP contribution >= 0.6 is 0 Å². The Hall–Kier alpha value is -3.57. The standard InChI is InChI=1S/C23H27N7O4/c1-33-20-18(34-13-16(31)12-29-7-2-3-8-29)5-4-17-19(20)27-23(30-9-6-26-21(17)30)28-22(32)15-10-24-14-25-11-15/h4-5,10-11,14,16,31H,2-3,6-9,12-13H2,1H3,(H,27,28,32)/t16-/m1/s1. The summed E-state index contributed by atoms with van der Waals surface area (Å²) in [5.74, 6) is 1.59. The first kappa shape index (κ1) is 22.2. The number of likely N-dealkylation sites (tertiary alicyclic amines) is 1. The van der Waals surface area contributed by atoms with Gasteiger partial charge in [0.05, 0.1) is 19.2 Å². The predicted octanol–water partition coefficient (Wildman–Crippen LogP) is 0.814. The van der Waals surface area contributed by atoms with E-state index in [1.165, 1.54) is 31.6 Å². The van der Waals surface area contributed by atoms with Gasteiger partial charge >= 0.3 is 0 Å². The van der Waals surface area contributed by atoms with Gasteiger partial charge in [0.2, 0.25) is 5.96 Å². The lowest BCUT2D eigenvalue weighted by Gasteiger charge is -2.28. The molecule has 2 N–H and O–H groups in total. The van der Waals surface area contributed by atoms with Crippen molar-refractivity contribution in [2.24, 2.45) is 9.98 Å². The summed E-state index contributed by atoms with van der Waals surface area (Å²) in [5.41, 5.74) is 1.63. The van der Waals surface area contributed by atoms with Crippen molar-refractivity contribution in [3.8, 4) is 11.5 Å². The van der Waals surface area contributed by atoms with Crippen LogP contribution in [0.3, 0.4) is 0 Å². The van der Waals surface area contributed by atoms with Gasteiger partial charge in [0, 0.05) is 31.0 Å². The van der Waals surface area contributed by atoms with Crippen LogP contribution in [0.1, 0.15) is 28.8 Å². The molecule has 0 bridgehead atoms. The number of hydrogen-bond acceptors (Lipinski definition) is 10. The summed E-state index contributed by atoms with van der Waals surface area (Å²) in [6.07, 6.45) is 5.98. The van der Waals surface area contributed by atoms with Crippen LogP contribution in [0.5, 0.6) is 11.5 Å². The van der Waals surface area contributed by atoms with Crippen LogP contribution in [0.4, 0.5) is 5.69 Å². The maximum absolute atomic E-state index is 12.7. The largest absolute Gasteiger partial charge is 0.491 e. The lowest BCUT2D eigenvalue weighted by molar-refractivity contribution is 0.0747. The molecule has 0 unspecified atom stereocenters. The summed E-state index contributed by atoms with van der Waals surface area (Å²) in [6.45, 7) is 3.92. The van der Waals surface area contributed by atoms with E-state index < -0.39 is 6.10 Å². The van der Waals surface area contributed by atoms with Crippen molar-refractivity contribution in [1.29, 1.82) is 0 Å². The molecule has 1 fully saturated rings. The number of methoxy groups -OCH3 is 1. The maximum atomic E-state index is 12.7. The number of aliphatic hydroxyl groups is 1. The number of aliphatic imine (C=N–C) groups is 2. The minimum absolute atomic E-state index is 0.139. The van der Waals surface area contributed by atoms with E-state index in [1.54, 1.807) is 13.2 Å².